The van der Waals surface area contributed by atoms with Crippen LogP contribution in [0.4, 0.5) is 0 Å². The Morgan fingerprint density at radius 1 is 1.38 bits per heavy atom. The Bertz CT molecular complexity index is 341. The van der Waals surface area contributed by atoms with Crippen molar-refractivity contribution in [3.05, 3.63) is 16.1 Å². The molecule has 2 fully saturated rings. The van der Waals surface area contributed by atoms with E-state index in [0.717, 1.165) is 30.8 Å². The van der Waals surface area contributed by atoms with Gasteiger partial charge in [0.2, 0.25) is 0 Å². The van der Waals surface area contributed by atoms with Gasteiger partial charge in [-0.3, -0.25) is 0 Å². The van der Waals surface area contributed by atoms with Crippen molar-refractivity contribution in [1.29, 1.82) is 0 Å². The summed E-state index contributed by atoms with van der Waals surface area (Å²) in [7, 11) is 0. The van der Waals surface area contributed by atoms with Gasteiger partial charge in [0.05, 0.1) is 10.7 Å². The van der Waals surface area contributed by atoms with Gasteiger partial charge in [0, 0.05) is 18.0 Å². The largest absolute Gasteiger partial charge is 0.308 e. The molecule has 2 nitrogen and oxygen atoms in total. The highest BCUT2D eigenvalue weighted by atomic mass is 32.1. The minimum atomic E-state index is 0.798. The van der Waals surface area contributed by atoms with E-state index in [1.54, 1.807) is 11.3 Å². The topological polar surface area (TPSA) is 24.9 Å². The second-order valence-electron chi connectivity index (χ2n) is 5.17. The van der Waals surface area contributed by atoms with Crippen molar-refractivity contribution in [2.45, 2.75) is 51.6 Å². The van der Waals surface area contributed by atoms with Crippen molar-refractivity contribution in [1.82, 2.24) is 10.3 Å². The number of nitrogens with zero attached hydrogens (tertiary/aromatic N) is 1. The Morgan fingerprint density at radius 3 is 2.56 bits per heavy atom. The lowest BCUT2D eigenvalue weighted by Gasteiger charge is -2.16. The quantitative estimate of drug-likeness (QED) is 0.821. The summed E-state index contributed by atoms with van der Waals surface area (Å²) in [5, 5.41) is 7.22. The SMILES string of the molecule is CCc1nc(CNC(C2CC2)C2CC2)cs1. The fourth-order valence-electron chi connectivity index (χ4n) is 2.44. The summed E-state index contributed by atoms with van der Waals surface area (Å²) in [5.74, 6) is 1.97. The Morgan fingerprint density at radius 2 is 2.06 bits per heavy atom. The predicted molar refractivity (Wildman–Crippen MR) is 67.6 cm³/mol. The second kappa shape index (κ2) is 4.46. The van der Waals surface area contributed by atoms with Crippen LogP contribution in [0.25, 0.3) is 0 Å². The van der Waals surface area contributed by atoms with Crippen LogP contribution in [0.2, 0.25) is 0 Å². The van der Waals surface area contributed by atoms with Crippen LogP contribution in [-0.2, 0) is 13.0 Å². The van der Waals surface area contributed by atoms with Crippen molar-refractivity contribution in [2.75, 3.05) is 0 Å². The van der Waals surface area contributed by atoms with Crippen LogP contribution < -0.4 is 5.32 Å². The number of aromatic nitrogens is 1. The monoisotopic (exact) mass is 236 g/mol. The van der Waals surface area contributed by atoms with Gasteiger partial charge in [-0.25, -0.2) is 4.98 Å². The number of aryl methyl sites for hydroxylation is 1. The molecule has 88 valence electrons. The summed E-state index contributed by atoms with van der Waals surface area (Å²) < 4.78 is 0. The standard InChI is InChI=1S/C13H20N2S/c1-2-12-15-11(8-16-12)7-14-13(9-3-4-9)10-5-6-10/h8-10,13-14H,2-7H2,1H3. The molecule has 0 bridgehead atoms. The first-order valence-corrected chi connectivity index (χ1v) is 7.41. The molecule has 0 amide bonds. The van der Waals surface area contributed by atoms with E-state index in [4.69, 9.17) is 0 Å². The highest BCUT2D eigenvalue weighted by Crippen LogP contribution is 2.44. The second-order valence-corrected chi connectivity index (χ2v) is 6.11. The van der Waals surface area contributed by atoms with Crippen molar-refractivity contribution in [2.24, 2.45) is 11.8 Å². The minimum absolute atomic E-state index is 0.798. The van der Waals surface area contributed by atoms with Gasteiger partial charge in [0.15, 0.2) is 0 Å². The average Bonchev–Trinajstić information content (AvgIpc) is 3.20. The maximum absolute atomic E-state index is 4.62. The van der Waals surface area contributed by atoms with E-state index in [2.05, 4.69) is 22.6 Å². The van der Waals surface area contributed by atoms with Gasteiger partial charge in [0.1, 0.15) is 0 Å². The molecule has 0 unspecified atom stereocenters. The van der Waals surface area contributed by atoms with Crippen LogP contribution in [0.5, 0.6) is 0 Å². The van der Waals surface area contributed by atoms with Gasteiger partial charge in [-0.2, -0.15) is 0 Å². The number of hydrogen-bond acceptors (Lipinski definition) is 3. The van der Waals surface area contributed by atoms with Crippen molar-refractivity contribution in [3.63, 3.8) is 0 Å². The van der Waals surface area contributed by atoms with Gasteiger partial charge in [-0.05, 0) is 43.9 Å². The van der Waals surface area contributed by atoms with Crippen molar-refractivity contribution < 1.29 is 0 Å². The number of hydrogen-bond donors (Lipinski definition) is 1. The summed E-state index contributed by atoms with van der Waals surface area (Å²) >= 11 is 1.80. The van der Waals surface area contributed by atoms with E-state index in [1.165, 1.54) is 36.4 Å². The van der Waals surface area contributed by atoms with Crippen LogP contribution in [0.15, 0.2) is 5.38 Å². The lowest BCUT2D eigenvalue weighted by molar-refractivity contribution is 0.414. The lowest BCUT2D eigenvalue weighted by atomic mass is 10.1. The Labute approximate surface area is 101 Å². The molecule has 16 heavy (non-hydrogen) atoms. The first-order chi connectivity index (χ1) is 7.86. The summed E-state index contributed by atoms with van der Waals surface area (Å²) in [5.41, 5.74) is 1.24. The molecular weight excluding hydrogens is 216 g/mol. The summed E-state index contributed by atoms with van der Waals surface area (Å²) in [4.78, 5) is 4.62. The van der Waals surface area contributed by atoms with Crippen LogP contribution in [0.3, 0.4) is 0 Å². The summed E-state index contributed by atoms with van der Waals surface area (Å²) in [6, 6.07) is 0.798. The van der Waals surface area contributed by atoms with E-state index in [-0.39, 0.29) is 0 Å². The fraction of sp³-hybridized carbons (Fsp3) is 0.769. The number of rotatable bonds is 6. The Balaban J connectivity index is 1.53. The lowest BCUT2D eigenvalue weighted by Crippen LogP contribution is -2.32. The summed E-state index contributed by atoms with van der Waals surface area (Å²) in [6.07, 6.45) is 6.87. The maximum Gasteiger partial charge on any atom is 0.0926 e. The van der Waals surface area contributed by atoms with Gasteiger partial charge in [-0.15, -0.1) is 11.3 Å². The highest BCUT2D eigenvalue weighted by molar-refractivity contribution is 7.09. The molecule has 0 aliphatic heterocycles. The van der Waals surface area contributed by atoms with Gasteiger partial charge in [0.25, 0.3) is 0 Å². The van der Waals surface area contributed by atoms with E-state index in [0.29, 0.717) is 0 Å². The Hall–Kier alpha value is -0.410. The molecule has 1 heterocycles. The van der Waals surface area contributed by atoms with Crippen molar-refractivity contribution in [3.8, 4) is 0 Å². The molecule has 1 aromatic rings. The fourth-order valence-corrected chi connectivity index (χ4v) is 3.19. The van der Waals surface area contributed by atoms with E-state index >= 15 is 0 Å². The molecule has 0 saturated heterocycles. The van der Waals surface area contributed by atoms with E-state index in [1.807, 2.05) is 0 Å². The molecule has 1 aromatic heterocycles. The minimum Gasteiger partial charge on any atom is -0.308 e. The molecular formula is C13H20N2S. The third-order valence-electron chi connectivity index (χ3n) is 3.68. The highest BCUT2D eigenvalue weighted by Gasteiger charge is 2.40. The normalized spacial score (nSPS) is 20.6. The van der Waals surface area contributed by atoms with E-state index < -0.39 is 0 Å². The van der Waals surface area contributed by atoms with Gasteiger partial charge in [-0.1, -0.05) is 6.92 Å². The van der Waals surface area contributed by atoms with Crippen LogP contribution in [0.1, 0.15) is 43.3 Å². The van der Waals surface area contributed by atoms with E-state index in [9.17, 15) is 0 Å². The zero-order valence-electron chi connectivity index (χ0n) is 9.91. The van der Waals surface area contributed by atoms with Crippen molar-refractivity contribution >= 4 is 11.3 Å². The molecule has 0 radical (unpaired) electrons. The zero-order valence-corrected chi connectivity index (χ0v) is 10.7. The molecule has 3 heteroatoms. The molecule has 2 aliphatic carbocycles. The van der Waals surface area contributed by atoms with Gasteiger partial charge >= 0.3 is 0 Å². The molecule has 3 rings (SSSR count). The summed E-state index contributed by atoms with van der Waals surface area (Å²) in [6.45, 7) is 3.15. The smallest absolute Gasteiger partial charge is 0.0926 e. The molecule has 0 spiro atoms. The first kappa shape index (κ1) is 10.7. The molecule has 2 aliphatic rings. The Kier molecular flexibility index (Phi) is 2.99. The first-order valence-electron chi connectivity index (χ1n) is 6.53. The number of nitrogens with one attached hydrogen (secondary N) is 1. The predicted octanol–water partition coefficient (Wildman–Crippen LogP) is 2.98. The van der Waals surface area contributed by atoms with Crippen LogP contribution >= 0.6 is 11.3 Å². The molecule has 1 N–H and O–H groups in total. The maximum atomic E-state index is 4.62. The molecule has 0 aromatic carbocycles. The average molecular weight is 236 g/mol. The van der Waals surface area contributed by atoms with Gasteiger partial charge < -0.3 is 5.32 Å². The third kappa shape index (κ3) is 2.46. The third-order valence-corrected chi connectivity index (χ3v) is 4.72. The molecule has 0 atom stereocenters. The van der Waals surface area contributed by atoms with Crippen LogP contribution in [-0.4, -0.2) is 11.0 Å². The molecule has 2 saturated carbocycles. The van der Waals surface area contributed by atoms with Crippen LogP contribution in [0, 0.1) is 11.8 Å². The zero-order chi connectivity index (χ0) is 11.0. The number of thiazole rings is 1.